The molecule has 3 rings (SSSR count). The van der Waals surface area contributed by atoms with Crippen LogP contribution in [0.25, 0.3) is 11.1 Å². The van der Waals surface area contributed by atoms with E-state index in [0.717, 1.165) is 37.8 Å². The Hall–Kier alpha value is -2.61. The fourth-order valence-electron chi connectivity index (χ4n) is 3.44. The Morgan fingerprint density at radius 2 is 1.41 bits per heavy atom. The standard InChI is InChI=1S/C23H20ClF5O3/c24-14-13-15-1-9-19(10-2-15)31-21(30)18-5-3-16(4-6-18)17-7-11-20(12-8-17)32-23(28,29)22(25,26)27/h3-8,11-15,19H,1-2,9-10H2/b14-13+/t15-,19-. The molecule has 0 aliphatic heterocycles. The Kier molecular flexibility index (Phi) is 7.44. The normalized spacial score (nSPS) is 19.7. The zero-order valence-electron chi connectivity index (χ0n) is 16.7. The molecule has 2 aromatic carbocycles. The molecule has 0 radical (unpaired) electrons. The lowest BCUT2D eigenvalue weighted by atomic mass is 9.87. The number of halogens is 6. The van der Waals surface area contributed by atoms with Crippen molar-refractivity contribution in [3.8, 4) is 16.9 Å². The number of rotatable bonds is 6. The molecule has 0 aromatic heterocycles. The summed E-state index contributed by atoms with van der Waals surface area (Å²) in [6.07, 6.45) is -5.98. The maximum Gasteiger partial charge on any atom is 0.499 e. The van der Waals surface area contributed by atoms with Crippen LogP contribution < -0.4 is 4.74 Å². The predicted molar refractivity (Wildman–Crippen MR) is 110 cm³/mol. The van der Waals surface area contributed by atoms with Crippen LogP contribution in [0.4, 0.5) is 22.0 Å². The van der Waals surface area contributed by atoms with E-state index in [1.165, 1.54) is 17.7 Å². The molecule has 1 fully saturated rings. The number of carbonyl (C=O) groups is 1. The number of hydrogen-bond donors (Lipinski definition) is 0. The first-order chi connectivity index (χ1) is 15.1. The van der Waals surface area contributed by atoms with Gasteiger partial charge in [-0.25, -0.2) is 4.79 Å². The van der Waals surface area contributed by atoms with Gasteiger partial charge in [0.05, 0.1) is 5.56 Å². The minimum absolute atomic E-state index is 0.149. The van der Waals surface area contributed by atoms with Gasteiger partial charge in [0.15, 0.2) is 0 Å². The van der Waals surface area contributed by atoms with Crippen LogP contribution in [0.3, 0.4) is 0 Å². The monoisotopic (exact) mass is 474 g/mol. The molecule has 1 saturated carbocycles. The molecule has 0 amide bonds. The van der Waals surface area contributed by atoms with Crippen LogP contribution in [0.2, 0.25) is 0 Å². The van der Waals surface area contributed by atoms with Crippen molar-refractivity contribution >= 4 is 17.6 Å². The van der Waals surface area contributed by atoms with Crippen LogP contribution in [-0.2, 0) is 4.74 Å². The molecular formula is C23H20ClF5O3. The van der Waals surface area contributed by atoms with E-state index in [1.807, 2.05) is 6.08 Å². The topological polar surface area (TPSA) is 35.5 Å². The van der Waals surface area contributed by atoms with Gasteiger partial charge < -0.3 is 9.47 Å². The number of esters is 1. The van der Waals surface area contributed by atoms with E-state index in [-0.39, 0.29) is 6.10 Å². The minimum atomic E-state index is -5.81. The lowest BCUT2D eigenvalue weighted by Crippen LogP contribution is -2.41. The Morgan fingerprint density at radius 1 is 0.875 bits per heavy atom. The molecule has 172 valence electrons. The first-order valence-corrected chi connectivity index (χ1v) is 10.3. The number of allylic oxidation sites excluding steroid dienone is 1. The third-order valence-electron chi connectivity index (χ3n) is 5.22. The molecule has 1 aliphatic rings. The summed E-state index contributed by atoms with van der Waals surface area (Å²) in [5.41, 5.74) is 3.07. The molecular weight excluding hydrogens is 455 g/mol. The molecule has 0 spiro atoms. The van der Waals surface area contributed by atoms with Gasteiger partial charge >= 0.3 is 18.3 Å². The van der Waals surface area contributed by atoms with E-state index in [0.29, 0.717) is 22.6 Å². The SMILES string of the molecule is O=C(O[C@H]1CC[C@H](/C=C/Cl)CC1)c1ccc(-c2ccc(OC(F)(F)C(F)(F)F)cc2)cc1. The van der Waals surface area contributed by atoms with E-state index in [4.69, 9.17) is 16.3 Å². The summed E-state index contributed by atoms with van der Waals surface area (Å²) in [6.45, 7) is 0. The maximum absolute atomic E-state index is 13.0. The second-order valence-corrected chi connectivity index (χ2v) is 7.73. The quantitative estimate of drug-likeness (QED) is 0.324. The lowest BCUT2D eigenvalue weighted by molar-refractivity contribution is -0.360. The van der Waals surface area contributed by atoms with Gasteiger partial charge in [0.25, 0.3) is 0 Å². The summed E-state index contributed by atoms with van der Waals surface area (Å²) >= 11 is 5.60. The molecule has 0 saturated heterocycles. The van der Waals surface area contributed by atoms with Crippen molar-refractivity contribution in [2.24, 2.45) is 5.92 Å². The highest BCUT2D eigenvalue weighted by Crippen LogP contribution is 2.37. The highest BCUT2D eigenvalue weighted by molar-refractivity contribution is 6.25. The number of ether oxygens (including phenoxy) is 2. The molecule has 0 bridgehead atoms. The van der Waals surface area contributed by atoms with Crippen LogP contribution in [0.15, 0.2) is 60.1 Å². The van der Waals surface area contributed by atoms with Crippen molar-refractivity contribution < 1.29 is 36.2 Å². The largest absolute Gasteiger partial charge is 0.499 e. The Bertz CT molecular complexity index is 932. The predicted octanol–water partition coefficient (Wildman–Crippen LogP) is 7.36. The summed E-state index contributed by atoms with van der Waals surface area (Å²) < 4.78 is 72.0. The van der Waals surface area contributed by atoms with Gasteiger partial charge in [-0.2, -0.15) is 22.0 Å². The van der Waals surface area contributed by atoms with E-state index in [9.17, 15) is 26.7 Å². The third kappa shape index (κ3) is 6.00. The second-order valence-electron chi connectivity index (χ2n) is 7.48. The summed E-state index contributed by atoms with van der Waals surface area (Å²) in [6, 6.07) is 11.2. The molecule has 32 heavy (non-hydrogen) atoms. The lowest BCUT2D eigenvalue weighted by Gasteiger charge is -2.26. The van der Waals surface area contributed by atoms with Gasteiger partial charge in [0.1, 0.15) is 11.9 Å². The third-order valence-corrected chi connectivity index (χ3v) is 5.37. The Labute approximate surface area is 186 Å². The summed E-state index contributed by atoms with van der Waals surface area (Å²) in [7, 11) is 0. The fraction of sp³-hybridized carbons (Fsp3) is 0.348. The molecule has 0 unspecified atom stereocenters. The van der Waals surface area contributed by atoms with Crippen molar-refractivity contribution in [2.45, 2.75) is 44.1 Å². The highest BCUT2D eigenvalue weighted by Gasteiger charge is 2.61. The first kappa shape index (κ1) is 24.0. The van der Waals surface area contributed by atoms with Gasteiger partial charge in [0, 0.05) is 5.54 Å². The zero-order valence-corrected chi connectivity index (χ0v) is 17.5. The van der Waals surface area contributed by atoms with Gasteiger partial charge in [-0.05, 0) is 67.0 Å². The van der Waals surface area contributed by atoms with Gasteiger partial charge in [0.2, 0.25) is 0 Å². The summed E-state index contributed by atoms with van der Waals surface area (Å²) in [4.78, 5) is 12.4. The smallest absolute Gasteiger partial charge is 0.459 e. The average Bonchev–Trinajstić information content (AvgIpc) is 2.75. The number of benzene rings is 2. The van der Waals surface area contributed by atoms with Crippen molar-refractivity contribution in [3.63, 3.8) is 0 Å². The van der Waals surface area contributed by atoms with Crippen LogP contribution >= 0.6 is 11.6 Å². The highest BCUT2D eigenvalue weighted by atomic mass is 35.5. The first-order valence-electron chi connectivity index (χ1n) is 9.91. The molecule has 2 aromatic rings. The second kappa shape index (κ2) is 9.90. The average molecular weight is 475 g/mol. The van der Waals surface area contributed by atoms with E-state index in [1.54, 1.807) is 24.3 Å². The molecule has 3 nitrogen and oxygen atoms in total. The van der Waals surface area contributed by atoms with Crippen molar-refractivity contribution in [2.75, 3.05) is 0 Å². The molecule has 0 heterocycles. The number of alkyl halides is 5. The van der Waals surface area contributed by atoms with Crippen molar-refractivity contribution in [1.29, 1.82) is 0 Å². The number of hydrogen-bond acceptors (Lipinski definition) is 3. The minimum Gasteiger partial charge on any atom is -0.459 e. The summed E-state index contributed by atoms with van der Waals surface area (Å²) in [5.74, 6) is -0.656. The van der Waals surface area contributed by atoms with Gasteiger partial charge in [-0.15, -0.1) is 0 Å². The summed E-state index contributed by atoms with van der Waals surface area (Å²) in [5, 5.41) is 0. The van der Waals surface area contributed by atoms with Crippen molar-refractivity contribution in [1.82, 2.24) is 0 Å². The molecule has 0 atom stereocenters. The van der Waals surface area contributed by atoms with Crippen LogP contribution in [0, 0.1) is 5.92 Å². The van der Waals surface area contributed by atoms with E-state index < -0.39 is 24.0 Å². The Balaban J connectivity index is 1.59. The maximum atomic E-state index is 13.0. The fourth-order valence-corrected chi connectivity index (χ4v) is 3.65. The molecule has 9 heteroatoms. The Morgan fingerprint density at radius 3 is 1.91 bits per heavy atom. The number of carbonyl (C=O) groups excluding carboxylic acids is 1. The molecule has 0 N–H and O–H groups in total. The van der Waals surface area contributed by atoms with Gasteiger partial charge in [-0.1, -0.05) is 41.9 Å². The zero-order chi connectivity index (χ0) is 23.4. The van der Waals surface area contributed by atoms with Crippen molar-refractivity contribution in [3.05, 3.63) is 65.7 Å². The van der Waals surface area contributed by atoms with Crippen LogP contribution in [0.1, 0.15) is 36.0 Å². The van der Waals surface area contributed by atoms with Crippen LogP contribution in [0.5, 0.6) is 5.75 Å². The van der Waals surface area contributed by atoms with Gasteiger partial charge in [-0.3, -0.25) is 0 Å². The van der Waals surface area contributed by atoms with Crippen LogP contribution in [-0.4, -0.2) is 24.4 Å². The van der Waals surface area contributed by atoms with E-state index in [2.05, 4.69) is 4.74 Å². The molecule has 1 aliphatic carbocycles. The van der Waals surface area contributed by atoms with E-state index >= 15 is 0 Å².